The molecular weight excluding hydrogens is 314 g/mol. The number of carbonyl (C=O) groups is 2. The molecule has 5 heteroatoms. The van der Waals surface area contributed by atoms with E-state index in [1.165, 1.54) is 0 Å². The Kier molecular flexibility index (Phi) is 6.71. The maximum atomic E-state index is 12.8. The van der Waals surface area contributed by atoms with Crippen LogP contribution in [0.15, 0.2) is 54.6 Å². The normalized spacial score (nSPS) is 10.6. The number of anilines is 2. The summed E-state index contributed by atoms with van der Waals surface area (Å²) in [7, 11) is 0. The second-order valence-electron chi connectivity index (χ2n) is 6.05. The summed E-state index contributed by atoms with van der Waals surface area (Å²) < 4.78 is 0. The van der Waals surface area contributed by atoms with Gasteiger partial charge in [-0.3, -0.25) is 9.59 Å². The van der Waals surface area contributed by atoms with Crippen molar-refractivity contribution < 1.29 is 9.59 Å². The van der Waals surface area contributed by atoms with Crippen molar-refractivity contribution in [3.8, 4) is 0 Å². The van der Waals surface area contributed by atoms with E-state index in [0.717, 1.165) is 5.69 Å². The second-order valence-corrected chi connectivity index (χ2v) is 6.05. The van der Waals surface area contributed by atoms with Crippen molar-refractivity contribution in [2.45, 2.75) is 26.8 Å². The molecule has 2 amide bonds. The van der Waals surface area contributed by atoms with E-state index in [0.29, 0.717) is 17.8 Å². The van der Waals surface area contributed by atoms with E-state index in [4.69, 9.17) is 0 Å². The van der Waals surface area contributed by atoms with Crippen molar-refractivity contribution in [3.63, 3.8) is 0 Å². The lowest BCUT2D eigenvalue weighted by atomic mass is 10.1. The van der Waals surface area contributed by atoms with Crippen molar-refractivity contribution in [1.82, 2.24) is 5.32 Å². The highest BCUT2D eigenvalue weighted by Crippen LogP contribution is 2.18. The van der Waals surface area contributed by atoms with E-state index < -0.39 is 0 Å². The van der Waals surface area contributed by atoms with Crippen molar-refractivity contribution in [1.29, 1.82) is 0 Å². The number of rotatable bonds is 7. The van der Waals surface area contributed by atoms with Crippen molar-refractivity contribution in [2.75, 3.05) is 23.3 Å². The van der Waals surface area contributed by atoms with E-state index in [-0.39, 0.29) is 24.4 Å². The van der Waals surface area contributed by atoms with Gasteiger partial charge in [0.1, 0.15) is 0 Å². The molecule has 2 N–H and O–H groups in total. The number of hydrogen-bond acceptors (Lipinski definition) is 3. The molecule has 0 radical (unpaired) electrons. The van der Waals surface area contributed by atoms with Crippen LogP contribution in [0.2, 0.25) is 0 Å². The fourth-order valence-electron chi connectivity index (χ4n) is 2.44. The van der Waals surface area contributed by atoms with Crippen LogP contribution in [0.4, 0.5) is 11.4 Å². The Morgan fingerprint density at radius 2 is 1.76 bits per heavy atom. The summed E-state index contributed by atoms with van der Waals surface area (Å²) in [6.07, 6.45) is 0. The molecule has 0 aliphatic carbocycles. The molecule has 0 saturated carbocycles. The zero-order valence-corrected chi connectivity index (χ0v) is 15.0. The van der Waals surface area contributed by atoms with E-state index in [9.17, 15) is 9.59 Å². The molecular formula is C20H25N3O2. The maximum absolute atomic E-state index is 12.8. The number of para-hydroxylation sites is 1. The van der Waals surface area contributed by atoms with Gasteiger partial charge in [0.25, 0.3) is 5.91 Å². The predicted octanol–water partition coefficient (Wildman–Crippen LogP) is 3.29. The van der Waals surface area contributed by atoms with Gasteiger partial charge in [-0.05, 0) is 37.3 Å². The van der Waals surface area contributed by atoms with Gasteiger partial charge >= 0.3 is 0 Å². The molecule has 0 spiro atoms. The summed E-state index contributed by atoms with van der Waals surface area (Å²) in [6.45, 7) is 6.71. The first-order valence-electron chi connectivity index (χ1n) is 8.51. The minimum atomic E-state index is -0.131. The van der Waals surface area contributed by atoms with Gasteiger partial charge in [-0.2, -0.15) is 0 Å². The van der Waals surface area contributed by atoms with Gasteiger partial charge < -0.3 is 15.5 Å². The third-order valence-corrected chi connectivity index (χ3v) is 3.69. The summed E-state index contributed by atoms with van der Waals surface area (Å²) >= 11 is 0. The number of nitrogens with zero attached hydrogens (tertiary/aromatic N) is 1. The molecule has 0 fully saturated rings. The topological polar surface area (TPSA) is 61.4 Å². The van der Waals surface area contributed by atoms with Gasteiger partial charge in [0.05, 0.1) is 6.54 Å². The van der Waals surface area contributed by atoms with E-state index in [1.54, 1.807) is 29.2 Å². The molecule has 0 aromatic heterocycles. The van der Waals surface area contributed by atoms with Crippen LogP contribution in [0.1, 0.15) is 31.1 Å². The lowest BCUT2D eigenvalue weighted by molar-refractivity contribution is -0.115. The molecule has 2 aromatic rings. The Morgan fingerprint density at radius 3 is 2.40 bits per heavy atom. The molecule has 5 nitrogen and oxygen atoms in total. The fraction of sp³-hybridized carbons (Fsp3) is 0.300. The molecule has 0 atom stereocenters. The number of hydrogen-bond donors (Lipinski definition) is 2. The van der Waals surface area contributed by atoms with Crippen LogP contribution < -0.4 is 15.5 Å². The Labute approximate surface area is 149 Å². The highest BCUT2D eigenvalue weighted by Gasteiger charge is 2.16. The molecule has 0 saturated heterocycles. The molecule has 132 valence electrons. The maximum Gasteiger partial charge on any atom is 0.258 e. The molecule has 0 heterocycles. The smallest absolute Gasteiger partial charge is 0.258 e. The fourth-order valence-corrected chi connectivity index (χ4v) is 2.44. The molecule has 0 bridgehead atoms. The van der Waals surface area contributed by atoms with Crippen LogP contribution in [-0.4, -0.2) is 30.9 Å². The van der Waals surface area contributed by atoms with Gasteiger partial charge in [0, 0.05) is 29.5 Å². The largest absolute Gasteiger partial charge is 0.325 e. The molecule has 2 aromatic carbocycles. The van der Waals surface area contributed by atoms with Gasteiger partial charge in [0.2, 0.25) is 5.91 Å². The average molecular weight is 339 g/mol. The lowest BCUT2D eigenvalue weighted by Gasteiger charge is -2.21. The Bertz CT molecular complexity index is 714. The predicted molar refractivity (Wildman–Crippen MR) is 102 cm³/mol. The molecule has 0 aliphatic rings. The average Bonchev–Trinajstić information content (AvgIpc) is 2.61. The van der Waals surface area contributed by atoms with Crippen LogP contribution in [0.25, 0.3) is 0 Å². The third-order valence-electron chi connectivity index (χ3n) is 3.69. The minimum Gasteiger partial charge on any atom is -0.325 e. The van der Waals surface area contributed by atoms with Gasteiger partial charge in [0.15, 0.2) is 0 Å². The van der Waals surface area contributed by atoms with Gasteiger partial charge in [-0.15, -0.1) is 0 Å². The van der Waals surface area contributed by atoms with Crippen molar-refractivity contribution in [2.24, 2.45) is 0 Å². The van der Waals surface area contributed by atoms with E-state index in [1.807, 2.05) is 51.1 Å². The van der Waals surface area contributed by atoms with Gasteiger partial charge in [-0.1, -0.05) is 38.1 Å². The Hall–Kier alpha value is -2.66. The minimum absolute atomic E-state index is 0.0925. The van der Waals surface area contributed by atoms with Gasteiger partial charge in [-0.25, -0.2) is 0 Å². The summed E-state index contributed by atoms with van der Waals surface area (Å²) in [5, 5.41) is 5.88. The SMILES string of the molecule is CCN(C(=O)c1cccc(NC(=O)CNC(C)C)c1)c1ccccc1. The Balaban J connectivity index is 2.11. The van der Waals surface area contributed by atoms with Crippen molar-refractivity contribution >= 4 is 23.2 Å². The number of benzene rings is 2. The van der Waals surface area contributed by atoms with Crippen LogP contribution in [-0.2, 0) is 4.79 Å². The van der Waals surface area contributed by atoms with Crippen molar-refractivity contribution in [3.05, 3.63) is 60.2 Å². The summed E-state index contributed by atoms with van der Waals surface area (Å²) in [6, 6.07) is 16.8. The summed E-state index contributed by atoms with van der Waals surface area (Å²) in [5.41, 5.74) is 2.01. The monoisotopic (exact) mass is 339 g/mol. The number of nitrogens with one attached hydrogen (secondary N) is 2. The molecule has 0 unspecified atom stereocenters. The third kappa shape index (κ3) is 5.43. The first-order chi connectivity index (χ1) is 12.0. The summed E-state index contributed by atoms with van der Waals surface area (Å²) in [5.74, 6) is -0.223. The van der Waals surface area contributed by atoms with Crippen LogP contribution >= 0.6 is 0 Å². The molecule has 25 heavy (non-hydrogen) atoms. The van der Waals surface area contributed by atoms with E-state index >= 15 is 0 Å². The highest BCUT2D eigenvalue weighted by atomic mass is 16.2. The highest BCUT2D eigenvalue weighted by molar-refractivity contribution is 6.07. The Morgan fingerprint density at radius 1 is 1.04 bits per heavy atom. The van der Waals surface area contributed by atoms with E-state index in [2.05, 4.69) is 10.6 Å². The first kappa shape index (κ1) is 18.7. The second kappa shape index (κ2) is 8.99. The van der Waals surface area contributed by atoms with Crippen LogP contribution in [0, 0.1) is 0 Å². The molecule has 0 aliphatic heterocycles. The number of carbonyl (C=O) groups excluding carboxylic acids is 2. The summed E-state index contributed by atoms with van der Waals surface area (Å²) in [4.78, 5) is 26.5. The lowest BCUT2D eigenvalue weighted by Crippen LogP contribution is -2.33. The van der Waals surface area contributed by atoms with Crippen LogP contribution in [0.5, 0.6) is 0 Å². The zero-order valence-electron chi connectivity index (χ0n) is 15.0. The first-order valence-corrected chi connectivity index (χ1v) is 8.51. The quantitative estimate of drug-likeness (QED) is 0.814. The number of amides is 2. The standard InChI is InChI=1S/C20H25N3O2/c1-4-23(18-11-6-5-7-12-18)20(25)16-9-8-10-17(13-16)22-19(24)14-21-15(2)3/h5-13,15,21H,4,14H2,1-3H3,(H,22,24). The molecule has 2 rings (SSSR count). The zero-order chi connectivity index (χ0) is 18.2. The van der Waals surface area contributed by atoms with Crippen LogP contribution in [0.3, 0.4) is 0 Å².